The number of nitrogens with zero attached hydrogens (tertiary/aromatic N) is 3. The number of hydrogen-bond acceptors (Lipinski definition) is 5. The molecule has 0 unspecified atom stereocenters. The normalized spacial score (nSPS) is 20.4. The monoisotopic (exact) mass is 342 g/mol. The van der Waals surface area contributed by atoms with Crippen molar-refractivity contribution in [2.75, 3.05) is 0 Å². The molecule has 1 amide bonds. The van der Waals surface area contributed by atoms with E-state index >= 15 is 0 Å². The molecule has 3 rings (SSSR count). The van der Waals surface area contributed by atoms with Gasteiger partial charge in [0.1, 0.15) is 0 Å². The van der Waals surface area contributed by atoms with Crippen LogP contribution in [0.15, 0.2) is 29.0 Å². The number of amides is 1. The van der Waals surface area contributed by atoms with Crippen molar-refractivity contribution in [3.05, 3.63) is 30.4 Å². The zero-order chi connectivity index (χ0) is 17.5. The van der Waals surface area contributed by atoms with E-state index in [0.29, 0.717) is 5.82 Å². The van der Waals surface area contributed by atoms with E-state index in [4.69, 9.17) is 4.52 Å². The average Bonchev–Trinajstić information content (AvgIpc) is 3.14. The smallest absolute Gasteiger partial charge is 0.316 e. The van der Waals surface area contributed by atoms with E-state index in [1.54, 1.807) is 24.5 Å². The predicted octanol–water partition coefficient (Wildman–Crippen LogP) is 4.00. The Hall–Kier alpha value is -2.24. The molecule has 2 aromatic heterocycles. The molecule has 0 spiro atoms. The third-order valence-corrected chi connectivity index (χ3v) is 4.96. The molecule has 0 saturated heterocycles. The maximum atomic E-state index is 12.3. The van der Waals surface area contributed by atoms with Gasteiger partial charge in [0, 0.05) is 24.0 Å². The van der Waals surface area contributed by atoms with Crippen LogP contribution >= 0.6 is 0 Å². The summed E-state index contributed by atoms with van der Waals surface area (Å²) in [5, 5.41) is 6.92. The van der Waals surface area contributed by atoms with Crippen LogP contribution in [-0.2, 0) is 0 Å². The molecule has 0 bridgehead atoms. The number of aromatic nitrogens is 3. The summed E-state index contributed by atoms with van der Waals surface area (Å²) in [7, 11) is 0. The van der Waals surface area contributed by atoms with Crippen molar-refractivity contribution in [3.8, 4) is 11.4 Å². The van der Waals surface area contributed by atoms with Crippen molar-refractivity contribution in [1.29, 1.82) is 0 Å². The van der Waals surface area contributed by atoms with Crippen LogP contribution in [0.2, 0.25) is 0 Å². The lowest BCUT2D eigenvalue weighted by Gasteiger charge is -2.28. The third-order valence-electron chi connectivity index (χ3n) is 4.96. The number of unbranched alkanes of at least 4 members (excludes halogenated alkanes) is 2. The molecular weight excluding hydrogens is 316 g/mol. The van der Waals surface area contributed by atoms with E-state index in [0.717, 1.165) is 24.3 Å². The van der Waals surface area contributed by atoms with Gasteiger partial charge in [0.05, 0.1) is 0 Å². The van der Waals surface area contributed by atoms with Gasteiger partial charge < -0.3 is 9.84 Å². The molecule has 6 nitrogen and oxygen atoms in total. The second-order valence-electron chi connectivity index (χ2n) is 6.85. The van der Waals surface area contributed by atoms with Crippen LogP contribution in [0.3, 0.4) is 0 Å². The van der Waals surface area contributed by atoms with Gasteiger partial charge in [-0.2, -0.15) is 4.98 Å². The van der Waals surface area contributed by atoms with Gasteiger partial charge in [-0.25, -0.2) is 0 Å². The molecule has 1 saturated carbocycles. The standard InChI is InChI=1S/C19H26N4O2/c1-2-3-4-5-14-6-8-16(9-7-14)21-18(24)19-22-17(23-25-19)15-10-12-20-13-11-15/h10-14,16H,2-9H2,1H3,(H,21,24). The largest absolute Gasteiger partial charge is 0.345 e. The van der Waals surface area contributed by atoms with E-state index in [1.165, 1.54) is 38.5 Å². The Morgan fingerprint density at radius 3 is 2.68 bits per heavy atom. The van der Waals surface area contributed by atoms with Crippen molar-refractivity contribution in [1.82, 2.24) is 20.4 Å². The van der Waals surface area contributed by atoms with Crippen molar-refractivity contribution in [2.45, 2.75) is 64.3 Å². The first-order valence-electron chi connectivity index (χ1n) is 9.31. The van der Waals surface area contributed by atoms with Crippen LogP contribution < -0.4 is 5.32 Å². The molecule has 0 aromatic carbocycles. The molecule has 0 atom stereocenters. The molecule has 2 heterocycles. The molecule has 134 valence electrons. The minimum absolute atomic E-state index is 0.0249. The van der Waals surface area contributed by atoms with Crippen molar-refractivity contribution in [3.63, 3.8) is 0 Å². The van der Waals surface area contributed by atoms with Gasteiger partial charge in [-0.3, -0.25) is 9.78 Å². The Balaban J connectivity index is 1.48. The fourth-order valence-electron chi connectivity index (χ4n) is 3.46. The van der Waals surface area contributed by atoms with E-state index in [9.17, 15) is 4.79 Å². The second kappa shape index (κ2) is 8.74. The number of carbonyl (C=O) groups excluding carboxylic acids is 1. The lowest BCUT2D eigenvalue weighted by atomic mass is 9.83. The van der Waals surface area contributed by atoms with Gasteiger partial charge in [0.2, 0.25) is 5.82 Å². The number of carbonyl (C=O) groups is 1. The summed E-state index contributed by atoms with van der Waals surface area (Å²) in [4.78, 5) is 20.5. The van der Waals surface area contributed by atoms with Gasteiger partial charge in [-0.05, 0) is 43.7 Å². The minimum Gasteiger partial charge on any atom is -0.345 e. The molecular formula is C19H26N4O2. The molecule has 0 aliphatic heterocycles. The molecule has 0 radical (unpaired) electrons. The molecule has 1 aliphatic rings. The van der Waals surface area contributed by atoms with E-state index in [-0.39, 0.29) is 17.8 Å². The second-order valence-corrected chi connectivity index (χ2v) is 6.85. The van der Waals surface area contributed by atoms with Crippen LogP contribution in [0.25, 0.3) is 11.4 Å². The molecule has 6 heteroatoms. The van der Waals surface area contributed by atoms with Crippen molar-refractivity contribution < 1.29 is 9.32 Å². The number of nitrogens with one attached hydrogen (secondary N) is 1. The summed E-state index contributed by atoms with van der Waals surface area (Å²) >= 11 is 0. The summed E-state index contributed by atoms with van der Waals surface area (Å²) in [6.45, 7) is 2.24. The first-order chi connectivity index (χ1) is 12.3. The molecule has 1 fully saturated rings. The number of rotatable bonds is 7. The molecule has 25 heavy (non-hydrogen) atoms. The van der Waals surface area contributed by atoms with Gasteiger partial charge >= 0.3 is 11.8 Å². The van der Waals surface area contributed by atoms with Crippen LogP contribution in [0.5, 0.6) is 0 Å². The highest BCUT2D eigenvalue weighted by atomic mass is 16.5. The van der Waals surface area contributed by atoms with Gasteiger partial charge in [0.25, 0.3) is 0 Å². The zero-order valence-electron chi connectivity index (χ0n) is 14.8. The Morgan fingerprint density at radius 1 is 1.20 bits per heavy atom. The summed E-state index contributed by atoms with van der Waals surface area (Å²) < 4.78 is 5.12. The van der Waals surface area contributed by atoms with E-state index in [1.807, 2.05) is 0 Å². The summed E-state index contributed by atoms with van der Waals surface area (Å²) in [5.41, 5.74) is 0.783. The lowest BCUT2D eigenvalue weighted by Crippen LogP contribution is -2.37. The Labute approximate surface area is 148 Å². The predicted molar refractivity (Wildman–Crippen MR) is 94.9 cm³/mol. The third kappa shape index (κ3) is 4.87. The molecule has 1 N–H and O–H groups in total. The minimum atomic E-state index is -0.276. The SMILES string of the molecule is CCCCCC1CCC(NC(=O)c2nc(-c3ccncc3)no2)CC1. The van der Waals surface area contributed by atoms with E-state index in [2.05, 4.69) is 27.4 Å². The van der Waals surface area contributed by atoms with Crippen LogP contribution in [0.4, 0.5) is 0 Å². The summed E-state index contributed by atoms with van der Waals surface area (Å²) in [6, 6.07) is 3.78. The maximum Gasteiger partial charge on any atom is 0.316 e. The van der Waals surface area contributed by atoms with Crippen molar-refractivity contribution >= 4 is 5.91 Å². The number of pyridine rings is 1. The highest BCUT2D eigenvalue weighted by Crippen LogP contribution is 2.28. The first-order valence-corrected chi connectivity index (χ1v) is 9.31. The summed E-state index contributed by atoms with van der Waals surface area (Å²) in [6.07, 6.45) is 13.0. The van der Waals surface area contributed by atoms with Crippen LogP contribution in [0, 0.1) is 5.92 Å². The van der Waals surface area contributed by atoms with Gasteiger partial charge in [0.15, 0.2) is 0 Å². The van der Waals surface area contributed by atoms with Gasteiger partial charge in [-0.15, -0.1) is 0 Å². The average molecular weight is 342 g/mol. The van der Waals surface area contributed by atoms with Crippen LogP contribution in [-0.4, -0.2) is 27.1 Å². The van der Waals surface area contributed by atoms with Crippen LogP contribution in [0.1, 0.15) is 69.0 Å². The topological polar surface area (TPSA) is 80.9 Å². The maximum absolute atomic E-state index is 12.3. The lowest BCUT2D eigenvalue weighted by molar-refractivity contribution is 0.0876. The summed E-state index contributed by atoms with van der Waals surface area (Å²) in [5.74, 6) is 0.979. The fraction of sp³-hybridized carbons (Fsp3) is 0.579. The first kappa shape index (κ1) is 17.6. The fourth-order valence-corrected chi connectivity index (χ4v) is 3.46. The number of hydrogen-bond donors (Lipinski definition) is 1. The molecule has 1 aliphatic carbocycles. The quantitative estimate of drug-likeness (QED) is 0.769. The highest BCUT2D eigenvalue weighted by Gasteiger charge is 2.24. The molecule has 2 aromatic rings. The van der Waals surface area contributed by atoms with Gasteiger partial charge in [-0.1, -0.05) is 37.8 Å². The Morgan fingerprint density at radius 2 is 1.96 bits per heavy atom. The van der Waals surface area contributed by atoms with E-state index < -0.39 is 0 Å². The Bertz CT molecular complexity index is 663. The highest BCUT2D eigenvalue weighted by molar-refractivity contribution is 5.90. The zero-order valence-corrected chi connectivity index (χ0v) is 14.8. The Kier molecular flexibility index (Phi) is 6.14. The van der Waals surface area contributed by atoms with Crippen molar-refractivity contribution in [2.24, 2.45) is 5.92 Å².